The number of ether oxygens (including phenoxy) is 1. The highest BCUT2D eigenvalue weighted by atomic mass is 35.5. The Hall–Kier alpha value is -3.35. The summed E-state index contributed by atoms with van der Waals surface area (Å²) < 4.78 is 19.2. The van der Waals surface area contributed by atoms with Crippen LogP contribution >= 0.6 is 22.9 Å². The number of esters is 1. The molecule has 2 saturated heterocycles. The van der Waals surface area contributed by atoms with Gasteiger partial charge in [-0.3, -0.25) is 14.7 Å². The van der Waals surface area contributed by atoms with Crippen LogP contribution in [0, 0.1) is 5.82 Å². The molecule has 2 amide bonds. The largest absolute Gasteiger partial charge is 0.466 e. The van der Waals surface area contributed by atoms with E-state index in [2.05, 4.69) is 10.3 Å². The third-order valence-electron chi connectivity index (χ3n) is 7.91. The Morgan fingerprint density at radius 1 is 1.26 bits per heavy atom. The molecule has 3 aliphatic heterocycles. The van der Waals surface area contributed by atoms with E-state index >= 15 is 0 Å². The number of nitrogens with zero attached hydrogens (tertiary/aromatic N) is 5. The summed E-state index contributed by atoms with van der Waals surface area (Å²) in [5, 5.41) is 5.81. The minimum atomic E-state index is -0.910. The molecule has 3 aliphatic rings. The van der Waals surface area contributed by atoms with E-state index in [1.165, 1.54) is 36.6 Å². The highest BCUT2D eigenvalue weighted by Gasteiger charge is 2.51. The lowest BCUT2D eigenvalue weighted by Crippen LogP contribution is -2.62. The molecule has 2 aromatic rings. The third kappa shape index (κ3) is 5.55. The first-order valence-corrected chi connectivity index (χ1v) is 15.1. The first-order chi connectivity index (χ1) is 19.9. The molecule has 5 rings (SSSR count). The highest BCUT2D eigenvalue weighted by Crippen LogP contribution is 2.38. The number of carbonyl (C=O) groups is 3. The number of aromatic nitrogens is 1. The van der Waals surface area contributed by atoms with Crippen LogP contribution < -0.4 is 5.32 Å². The first-order valence-electron chi connectivity index (χ1n) is 13.8. The Kier molecular flexibility index (Phi) is 8.41. The van der Waals surface area contributed by atoms with Crippen molar-refractivity contribution in [3.63, 3.8) is 0 Å². The van der Waals surface area contributed by atoms with E-state index in [0.717, 1.165) is 0 Å². The number of amides is 2. The van der Waals surface area contributed by atoms with Gasteiger partial charge in [-0.05, 0) is 32.9 Å². The second-order valence-corrected chi connectivity index (χ2v) is 12.8. The van der Waals surface area contributed by atoms with E-state index in [1.807, 2.05) is 42.9 Å². The van der Waals surface area contributed by atoms with Gasteiger partial charge in [0.05, 0.1) is 24.8 Å². The molecule has 224 valence electrons. The van der Waals surface area contributed by atoms with Gasteiger partial charge >= 0.3 is 12.0 Å². The van der Waals surface area contributed by atoms with Crippen LogP contribution in [0.25, 0.3) is 0 Å². The summed E-state index contributed by atoms with van der Waals surface area (Å²) >= 11 is 7.85. The molecule has 0 unspecified atom stereocenters. The van der Waals surface area contributed by atoms with Crippen LogP contribution in [-0.4, -0.2) is 94.2 Å². The third-order valence-corrected chi connectivity index (χ3v) is 9.01. The molecular weight excluding hydrogens is 583 g/mol. The Balaban J connectivity index is 1.58. The van der Waals surface area contributed by atoms with Crippen molar-refractivity contribution in [1.82, 2.24) is 25.0 Å². The summed E-state index contributed by atoms with van der Waals surface area (Å²) in [4.78, 5) is 55.0. The van der Waals surface area contributed by atoms with E-state index in [-0.39, 0.29) is 35.0 Å². The van der Waals surface area contributed by atoms with Gasteiger partial charge < -0.3 is 19.9 Å². The number of urea groups is 1. The van der Waals surface area contributed by atoms with E-state index in [9.17, 15) is 18.8 Å². The average Bonchev–Trinajstić information content (AvgIpc) is 3.60. The SMILES string of the molecule is CCC(=O)[C@@H]1[C@H]2CN(C(C)(C)C)C(=O)N2CCN1CC1=C(C(=O)OC)[C@H](c2ccc(F)cc2Cl)N=C(c2nccs2)N1. The molecule has 0 radical (unpaired) electrons. The number of amidine groups is 1. The van der Waals surface area contributed by atoms with Crippen molar-refractivity contribution in [1.29, 1.82) is 0 Å². The number of ketones is 1. The molecule has 13 heteroatoms. The lowest BCUT2D eigenvalue weighted by Gasteiger charge is -2.43. The van der Waals surface area contributed by atoms with Crippen LogP contribution in [0.1, 0.15) is 50.7 Å². The second kappa shape index (κ2) is 11.7. The number of fused-ring (bicyclic) bond motifs is 1. The molecule has 0 saturated carbocycles. The number of rotatable bonds is 7. The molecule has 1 aromatic heterocycles. The van der Waals surface area contributed by atoms with Crippen LogP contribution in [0.2, 0.25) is 5.02 Å². The molecule has 0 aliphatic carbocycles. The Morgan fingerprint density at radius 3 is 2.64 bits per heavy atom. The number of nitrogens with one attached hydrogen (secondary N) is 1. The van der Waals surface area contributed by atoms with Crippen LogP contribution in [0.3, 0.4) is 0 Å². The summed E-state index contributed by atoms with van der Waals surface area (Å²) in [7, 11) is 1.28. The van der Waals surface area contributed by atoms with Crippen LogP contribution in [-0.2, 0) is 14.3 Å². The molecule has 3 atom stereocenters. The molecular formula is C29H34ClFN6O4S. The van der Waals surface area contributed by atoms with E-state index < -0.39 is 29.4 Å². The zero-order chi connectivity index (χ0) is 30.3. The monoisotopic (exact) mass is 616 g/mol. The number of hydrogen-bond acceptors (Lipinski definition) is 9. The number of aliphatic imine (C=N–C) groups is 1. The van der Waals surface area contributed by atoms with Crippen LogP contribution in [0.5, 0.6) is 0 Å². The van der Waals surface area contributed by atoms with Crippen molar-refractivity contribution in [2.45, 2.75) is 57.8 Å². The fraction of sp³-hybridized carbons (Fsp3) is 0.483. The fourth-order valence-corrected chi connectivity index (χ4v) is 6.71. The number of benzene rings is 1. The van der Waals surface area contributed by atoms with Gasteiger partial charge in [0.1, 0.15) is 11.9 Å². The standard InChI is InChI=1S/C29H34ClFN6O4S/c1-6-21(38)24-20-15-37(29(2,3)4)28(40)36(20)11-10-35(24)14-19-22(27(39)41-5)23(17-8-7-16(31)13-18(17)30)34-25(33-19)26-32-9-12-42-26/h7-9,12-13,20,23-24H,6,10-11,14-15H2,1-5H3,(H,33,34)/t20-,23+,24+/m1/s1. The zero-order valence-electron chi connectivity index (χ0n) is 24.2. The average molecular weight is 617 g/mol. The lowest BCUT2D eigenvalue weighted by atomic mass is 9.93. The first kappa shape index (κ1) is 30.1. The molecule has 0 bridgehead atoms. The summed E-state index contributed by atoms with van der Waals surface area (Å²) in [6.45, 7) is 9.22. The van der Waals surface area contributed by atoms with Gasteiger partial charge in [0.25, 0.3) is 0 Å². The topological polar surface area (TPSA) is 107 Å². The van der Waals surface area contributed by atoms with Crippen molar-refractivity contribution < 1.29 is 23.5 Å². The molecule has 2 fully saturated rings. The van der Waals surface area contributed by atoms with Gasteiger partial charge in [0.15, 0.2) is 16.6 Å². The maximum absolute atomic E-state index is 14.0. The molecule has 10 nitrogen and oxygen atoms in total. The molecule has 1 N–H and O–H groups in total. The van der Waals surface area contributed by atoms with E-state index in [4.69, 9.17) is 21.3 Å². The van der Waals surface area contributed by atoms with Gasteiger partial charge in [0, 0.05) is 66.0 Å². The van der Waals surface area contributed by atoms with Gasteiger partial charge in [-0.2, -0.15) is 0 Å². The van der Waals surface area contributed by atoms with E-state index in [0.29, 0.717) is 48.2 Å². The predicted octanol–water partition coefficient (Wildman–Crippen LogP) is 4.02. The van der Waals surface area contributed by atoms with Crippen molar-refractivity contribution in [2.24, 2.45) is 4.99 Å². The number of halogens is 2. The van der Waals surface area contributed by atoms with Gasteiger partial charge in [-0.1, -0.05) is 24.6 Å². The van der Waals surface area contributed by atoms with Crippen LogP contribution in [0.4, 0.5) is 9.18 Å². The number of thiazole rings is 1. The summed E-state index contributed by atoms with van der Waals surface area (Å²) in [6, 6.07) is 2.05. The number of methoxy groups -OCH3 is 1. The Morgan fingerprint density at radius 2 is 2.02 bits per heavy atom. The normalized spacial score (nSPS) is 23.1. The Bertz CT molecular complexity index is 1460. The molecule has 1 aromatic carbocycles. The predicted molar refractivity (Wildman–Crippen MR) is 158 cm³/mol. The fourth-order valence-electron chi connectivity index (χ4n) is 5.85. The minimum Gasteiger partial charge on any atom is -0.466 e. The summed E-state index contributed by atoms with van der Waals surface area (Å²) in [5.74, 6) is -0.710. The summed E-state index contributed by atoms with van der Waals surface area (Å²) in [5.41, 5.74) is 0.715. The zero-order valence-corrected chi connectivity index (χ0v) is 25.8. The number of hydrogen-bond donors (Lipinski definition) is 1. The minimum absolute atomic E-state index is 0.0104. The number of piperazine rings is 1. The van der Waals surface area contributed by atoms with Crippen molar-refractivity contribution in [2.75, 3.05) is 33.3 Å². The molecule has 0 spiro atoms. The summed E-state index contributed by atoms with van der Waals surface area (Å²) in [6.07, 6.45) is 1.95. The van der Waals surface area contributed by atoms with Crippen molar-refractivity contribution in [3.05, 3.63) is 62.5 Å². The Labute approximate surface area is 253 Å². The lowest BCUT2D eigenvalue weighted by molar-refractivity contribution is -0.136. The number of carbonyl (C=O) groups excluding carboxylic acids is 3. The van der Waals surface area contributed by atoms with Crippen LogP contribution in [0.15, 0.2) is 46.0 Å². The van der Waals surface area contributed by atoms with Gasteiger partial charge in [0.2, 0.25) is 0 Å². The van der Waals surface area contributed by atoms with Gasteiger partial charge in [-0.15, -0.1) is 11.3 Å². The maximum Gasteiger partial charge on any atom is 0.338 e. The maximum atomic E-state index is 14.0. The van der Waals surface area contributed by atoms with Crippen molar-refractivity contribution >= 4 is 46.6 Å². The molecule has 42 heavy (non-hydrogen) atoms. The molecule has 4 heterocycles. The number of Topliss-reactive ketones (excluding diaryl/α,β-unsaturated/α-hetero) is 1. The van der Waals surface area contributed by atoms with Gasteiger partial charge in [-0.25, -0.2) is 19.0 Å². The highest BCUT2D eigenvalue weighted by molar-refractivity contribution is 7.11. The smallest absolute Gasteiger partial charge is 0.338 e. The van der Waals surface area contributed by atoms with E-state index in [1.54, 1.807) is 11.1 Å². The second-order valence-electron chi connectivity index (χ2n) is 11.5. The quantitative estimate of drug-likeness (QED) is 0.468. The van der Waals surface area contributed by atoms with Crippen molar-refractivity contribution in [3.8, 4) is 0 Å².